The average Bonchev–Trinajstić information content (AvgIpc) is 2.78. The van der Waals surface area contributed by atoms with E-state index in [-0.39, 0.29) is 6.09 Å². The zero-order chi connectivity index (χ0) is 13.4. The number of aromatic amines is 1. The topological polar surface area (TPSA) is 45.3 Å². The molecule has 1 aromatic carbocycles. The fourth-order valence-electron chi connectivity index (χ4n) is 2.57. The lowest BCUT2D eigenvalue weighted by Gasteiger charge is -2.26. The third-order valence-electron chi connectivity index (χ3n) is 3.49. The van der Waals surface area contributed by atoms with Crippen molar-refractivity contribution in [3.05, 3.63) is 33.9 Å². The molecule has 2 heterocycles. The largest absolute Gasteiger partial charge is 0.450 e. The molecule has 1 aliphatic heterocycles. The Morgan fingerprint density at radius 2 is 2.37 bits per heavy atom. The Balaban J connectivity index is 1.98. The molecule has 0 unspecified atom stereocenters. The molecule has 0 radical (unpaired) electrons. The Kier molecular flexibility index (Phi) is 3.22. The molecule has 1 amide bonds. The molecule has 0 bridgehead atoms. The summed E-state index contributed by atoms with van der Waals surface area (Å²) in [4.78, 5) is 17.0. The number of hydrogen-bond acceptors (Lipinski definition) is 2. The maximum absolute atomic E-state index is 11.8. The van der Waals surface area contributed by atoms with Crippen molar-refractivity contribution in [1.82, 2.24) is 9.88 Å². The summed E-state index contributed by atoms with van der Waals surface area (Å²) in [6.45, 7) is 3.57. The van der Waals surface area contributed by atoms with Crippen molar-refractivity contribution in [2.24, 2.45) is 0 Å². The highest BCUT2D eigenvalue weighted by Crippen LogP contribution is 2.31. The minimum absolute atomic E-state index is 0.225. The Hall–Kier alpha value is -1.49. The second-order valence-corrected chi connectivity index (χ2v) is 5.47. The molecule has 3 rings (SSSR count). The van der Waals surface area contributed by atoms with E-state index in [2.05, 4.69) is 27.0 Å². The number of fused-ring (bicyclic) bond motifs is 3. The quantitative estimate of drug-likeness (QED) is 0.874. The van der Waals surface area contributed by atoms with Crippen LogP contribution in [0.4, 0.5) is 4.79 Å². The van der Waals surface area contributed by atoms with E-state index >= 15 is 0 Å². The predicted molar refractivity (Wildman–Crippen MR) is 77.1 cm³/mol. The smallest absolute Gasteiger partial charge is 0.410 e. The number of nitrogens with one attached hydrogen (secondary N) is 1. The van der Waals surface area contributed by atoms with Crippen molar-refractivity contribution in [3.63, 3.8) is 0 Å². The molecule has 0 aliphatic carbocycles. The molecular formula is C14H15BrN2O2. The Bertz CT molecular complexity index is 636. The summed E-state index contributed by atoms with van der Waals surface area (Å²) in [5.74, 6) is 0. The van der Waals surface area contributed by atoms with Gasteiger partial charge in [0.05, 0.1) is 18.7 Å². The highest BCUT2D eigenvalue weighted by Gasteiger charge is 2.25. The number of amides is 1. The molecular weight excluding hydrogens is 308 g/mol. The Morgan fingerprint density at radius 3 is 3.16 bits per heavy atom. The number of ether oxygens (including phenoxy) is 1. The van der Waals surface area contributed by atoms with E-state index in [1.165, 1.54) is 16.6 Å². The van der Waals surface area contributed by atoms with Crippen LogP contribution >= 0.6 is 15.9 Å². The van der Waals surface area contributed by atoms with E-state index in [1.54, 1.807) is 4.90 Å². The fourth-order valence-corrected chi connectivity index (χ4v) is 3.04. The summed E-state index contributed by atoms with van der Waals surface area (Å²) >= 11 is 3.56. The van der Waals surface area contributed by atoms with Crippen LogP contribution in [-0.2, 0) is 17.7 Å². The predicted octanol–water partition coefficient (Wildman–Crippen LogP) is 3.45. The Morgan fingerprint density at radius 1 is 1.53 bits per heavy atom. The molecule has 100 valence electrons. The van der Waals surface area contributed by atoms with Gasteiger partial charge in [0, 0.05) is 34.1 Å². The number of H-pyrrole nitrogens is 1. The lowest BCUT2D eigenvalue weighted by molar-refractivity contribution is 0.103. The first-order valence-electron chi connectivity index (χ1n) is 6.40. The van der Waals surface area contributed by atoms with E-state index < -0.39 is 0 Å². The molecule has 4 nitrogen and oxygen atoms in total. The highest BCUT2D eigenvalue weighted by atomic mass is 79.9. The molecule has 0 saturated heterocycles. The van der Waals surface area contributed by atoms with Crippen LogP contribution in [-0.4, -0.2) is 29.1 Å². The van der Waals surface area contributed by atoms with Gasteiger partial charge in [0.1, 0.15) is 0 Å². The van der Waals surface area contributed by atoms with Gasteiger partial charge in [0.25, 0.3) is 0 Å². The van der Waals surface area contributed by atoms with Gasteiger partial charge >= 0.3 is 6.09 Å². The summed E-state index contributed by atoms with van der Waals surface area (Å²) in [7, 11) is 0. The molecule has 0 saturated carbocycles. The third kappa shape index (κ3) is 2.12. The number of carbonyl (C=O) groups is 1. The zero-order valence-corrected chi connectivity index (χ0v) is 12.3. The van der Waals surface area contributed by atoms with Gasteiger partial charge in [-0.05, 0) is 28.9 Å². The Labute approximate surface area is 119 Å². The molecule has 0 spiro atoms. The number of carbonyl (C=O) groups excluding carboxylic acids is 1. The van der Waals surface area contributed by atoms with Gasteiger partial charge < -0.3 is 14.6 Å². The number of rotatable bonds is 1. The van der Waals surface area contributed by atoms with Crippen molar-refractivity contribution >= 4 is 32.9 Å². The molecule has 1 aliphatic rings. The molecule has 1 aromatic heterocycles. The number of hydrogen-bond donors (Lipinski definition) is 1. The summed E-state index contributed by atoms with van der Waals surface area (Å²) < 4.78 is 6.13. The minimum Gasteiger partial charge on any atom is -0.450 e. The fraction of sp³-hybridized carbons (Fsp3) is 0.357. The maximum Gasteiger partial charge on any atom is 0.410 e. The summed E-state index contributed by atoms with van der Waals surface area (Å²) in [5, 5.41) is 1.18. The van der Waals surface area contributed by atoms with Crippen molar-refractivity contribution in [2.75, 3.05) is 13.2 Å². The average molecular weight is 323 g/mol. The first kappa shape index (κ1) is 12.5. The van der Waals surface area contributed by atoms with E-state index in [0.29, 0.717) is 19.7 Å². The molecule has 0 atom stereocenters. The molecule has 19 heavy (non-hydrogen) atoms. The van der Waals surface area contributed by atoms with Crippen LogP contribution in [0.2, 0.25) is 0 Å². The summed E-state index contributed by atoms with van der Waals surface area (Å²) in [5.41, 5.74) is 3.54. The highest BCUT2D eigenvalue weighted by molar-refractivity contribution is 9.10. The standard InChI is InChI=1S/C14H15BrN2O2/c1-2-19-14(18)17-7-6-12-10(8-17)9-4-3-5-11(15)13(9)16-12/h3-5,16H,2,6-8H2,1H3. The van der Waals surface area contributed by atoms with Crippen LogP contribution in [0.1, 0.15) is 18.2 Å². The number of para-hydroxylation sites is 1. The van der Waals surface area contributed by atoms with Crippen molar-refractivity contribution in [3.8, 4) is 0 Å². The van der Waals surface area contributed by atoms with Gasteiger partial charge in [-0.25, -0.2) is 4.79 Å². The number of halogens is 1. The summed E-state index contributed by atoms with van der Waals surface area (Å²) in [6.07, 6.45) is 0.618. The maximum atomic E-state index is 11.8. The first-order chi connectivity index (χ1) is 9.20. The van der Waals surface area contributed by atoms with Crippen molar-refractivity contribution in [2.45, 2.75) is 19.9 Å². The van der Waals surface area contributed by atoms with Crippen LogP contribution < -0.4 is 0 Å². The van der Waals surface area contributed by atoms with Crippen molar-refractivity contribution < 1.29 is 9.53 Å². The van der Waals surface area contributed by atoms with Crippen LogP contribution in [0.3, 0.4) is 0 Å². The lowest BCUT2D eigenvalue weighted by atomic mass is 10.1. The summed E-state index contributed by atoms with van der Waals surface area (Å²) in [6, 6.07) is 6.13. The van der Waals surface area contributed by atoms with Gasteiger partial charge in [-0.2, -0.15) is 0 Å². The van der Waals surface area contributed by atoms with E-state index in [9.17, 15) is 4.79 Å². The molecule has 5 heteroatoms. The van der Waals surface area contributed by atoms with Gasteiger partial charge in [-0.3, -0.25) is 0 Å². The third-order valence-corrected chi connectivity index (χ3v) is 4.15. The normalized spacial score (nSPS) is 14.5. The van der Waals surface area contributed by atoms with Crippen LogP contribution in [0.15, 0.2) is 22.7 Å². The van der Waals surface area contributed by atoms with E-state index in [0.717, 1.165) is 16.4 Å². The molecule has 1 N–H and O–H groups in total. The monoisotopic (exact) mass is 322 g/mol. The van der Waals surface area contributed by atoms with E-state index in [4.69, 9.17) is 4.74 Å². The van der Waals surface area contributed by atoms with Gasteiger partial charge in [0.2, 0.25) is 0 Å². The van der Waals surface area contributed by atoms with Gasteiger partial charge in [-0.1, -0.05) is 12.1 Å². The van der Waals surface area contributed by atoms with Gasteiger partial charge in [0.15, 0.2) is 0 Å². The van der Waals surface area contributed by atoms with Gasteiger partial charge in [-0.15, -0.1) is 0 Å². The SMILES string of the molecule is CCOC(=O)N1CCc2[nH]c3c(Br)cccc3c2C1. The first-order valence-corrected chi connectivity index (χ1v) is 7.19. The van der Waals surface area contributed by atoms with E-state index in [1.807, 2.05) is 19.1 Å². The number of nitrogens with zero attached hydrogens (tertiary/aromatic N) is 1. The van der Waals surface area contributed by atoms with Crippen LogP contribution in [0, 0.1) is 0 Å². The second kappa shape index (κ2) is 4.89. The second-order valence-electron chi connectivity index (χ2n) is 4.61. The molecule has 2 aromatic rings. The molecule has 0 fully saturated rings. The number of aromatic nitrogens is 1. The zero-order valence-electron chi connectivity index (χ0n) is 10.7. The number of benzene rings is 1. The van der Waals surface area contributed by atoms with Crippen LogP contribution in [0.25, 0.3) is 10.9 Å². The minimum atomic E-state index is -0.225. The van der Waals surface area contributed by atoms with Crippen LogP contribution in [0.5, 0.6) is 0 Å². The lowest BCUT2D eigenvalue weighted by Crippen LogP contribution is -2.36. The van der Waals surface area contributed by atoms with Crippen molar-refractivity contribution in [1.29, 1.82) is 0 Å².